The molecule has 0 aliphatic carbocycles. The Morgan fingerprint density at radius 1 is 1.57 bits per heavy atom. The highest BCUT2D eigenvalue weighted by atomic mass is 32.2. The Morgan fingerprint density at radius 3 is 2.90 bits per heavy atom. The molecule has 2 saturated heterocycles. The molecule has 2 aliphatic heterocycles. The Labute approximate surface area is 127 Å². The van der Waals surface area contributed by atoms with Crippen LogP contribution in [0.1, 0.15) is 19.8 Å². The molecule has 21 heavy (non-hydrogen) atoms. The average molecular weight is 316 g/mol. The molecule has 7 nitrogen and oxygen atoms in total. The topological polar surface area (TPSA) is 87.1 Å². The number of amides is 2. The van der Waals surface area contributed by atoms with Gasteiger partial charge in [-0.05, 0) is 13.3 Å². The number of rotatable bonds is 6. The van der Waals surface area contributed by atoms with Gasteiger partial charge in [-0.2, -0.15) is 0 Å². The number of hydrogen-bond acceptors (Lipinski definition) is 5. The predicted octanol–water partition coefficient (Wildman–Crippen LogP) is 0.000000000000000444. The van der Waals surface area contributed by atoms with Crippen molar-refractivity contribution in [2.75, 3.05) is 32.6 Å². The normalized spacial score (nSPS) is 27.8. The number of carboxylic acids is 1. The van der Waals surface area contributed by atoms with Crippen molar-refractivity contribution in [3.05, 3.63) is 0 Å². The fourth-order valence-electron chi connectivity index (χ4n) is 2.85. The van der Waals surface area contributed by atoms with Crippen molar-refractivity contribution in [1.82, 2.24) is 9.80 Å². The summed E-state index contributed by atoms with van der Waals surface area (Å²) in [5.74, 6) is -0.881. The van der Waals surface area contributed by atoms with Gasteiger partial charge in [0, 0.05) is 25.8 Å². The molecule has 1 N–H and O–H groups in total. The van der Waals surface area contributed by atoms with E-state index in [0.717, 1.165) is 6.42 Å². The van der Waals surface area contributed by atoms with E-state index in [1.807, 2.05) is 6.92 Å². The smallest absolute Gasteiger partial charge is 0.323 e. The molecule has 2 atom stereocenters. The van der Waals surface area contributed by atoms with Crippen molar-refractivity contribution in [2.24, 2.45) is 0 Å². The Kier molecular flexibility index (Phi) is 4.77. The van der Waals surface area contributed by atoms with Crippen LogP contribution in [-0.4, -0.2) is 76.2 Å². The highest BCUT2D eigenvalue weighted by molar-refractivity contribution is 8.01. The van der Waals surface area contributed by atoms with Gasteiger partial charge in [-0.1, -0.05) is 0 Å². The van der Waals surface area contributed by atoms with Crippen LogP contribution in [0.15, 0.2) is 0 Å². The lowest BCUT2D eigenvalue weighted by Gasteiger charge is -2.32. The van der Waals surface area contributed by atoms with Crippen molar-refractivity contribution < 1.29 is 24.2 Å². The Hall–Kier alpha value is -1.28. The quantitative estimate of drug-likeness (QED) is 0.742. The maximum atomic E-state index is 12.6. The van der Waals surface area contributed by atoms with E-state index in [2.05, 4.69) is 0 Å². The number of hydrogen-bond donors (Lipinski definition) is 1. The third kappa shape index (κ3) is 3.16. The second kappa shape index (κ2) is 6.23. The molecular formula is C13H20N2O5S. The second-order valence-corrected chi connectivity index (χ2v) is 6.91. The Morgan fingerprint density at radius 2 is 2.29 bits per heavy atom. The number of methoxy groups -OCH3 is 1. The lowest BCUT2D eigenvalue weighted by molar-refractivity contribution is -0.149. The average Bonchev–Trinajstić information content (AvgIpc) is 2.91. The standard InChI is InChI=1S/C13H20N2O5S/c1-13-4-3-10(16)15(13)9(8-21-13)12(19)14(5-6-20-2)7-11(17)18/h9H,3-8H2,1-2H3,(H,17,18). The minimum Gasteiger partial charge on any atom is -0.480 e. The van der Waals surface area contributed by atoms with Crippen molar-refractivity contribution >= 4 is 29.5 Å². The van der Waals surface area contributed by atoms with E-state index >= 15 is 0 Å². The van der Waals surface area contributed by atoms with E-state index in [4.69, 9.17) is 9.84 Å². The monoisotopic (exact) mass is 316 g/mol. The van der Waals surface area contributed by atoms with Crippen molar-refractivity contribution in [2.45, 2.75) is 30.7 Å². The zero-order valence-corrected chi connectivity index (χ0v) is 13.0. The van der Waals surface area contributed by atoms with Crippen LogP contribution in [0.2, 0.25) is 0 Å². The third-order valence-electron chi connectivity index (χ3n) is 3.93. The van der Waals surface area contributed by atoms with Gasteiger partial charge in [0.05, 0.1) is 11.5 Å². The van der Waals surface area contributed by atoms with Gasteiger partial charge in [-0.3, -0.25) is 14.4 Å². The van der Waals surface area contributed by atoms with Gasteiger partial charge in [0.2, 0.25) is 11.8 Å². The molecule has 8 heteroatoms. The summed E-state index contributed by atoms with van der Waals surface area (Å²) in [6, 6.07) is -0.564. The SMILES string of the molecule is COCCN(CC(=O)O)C(=O)C1CSC2(C)CCC(=O)N12. The number of thioether (sulfide) groups is 1. The molecule has 0 radical (unpaired) electrons. The number of nitrogens with zero attached hydrogens (tertiary/aromatic N) is 2. The molecule has 0 spiro atoms. The minimum absolute atomic E-state index is 0.0251. The Bertz CT molecular complexity index is 458. The lowest BCUT2D eigenvalue weighted by Crippen LogP contribution is -2.52. The largest absolute Gasteiger partial charge is 0.480 e. The maximum Gasteiger partial charge on any atom is 0.323 e. The molecule has 2 rings (SSSR count). The summed E-state index contributed by atoms with van der Waals surface area (Å²) in [5.41, 5.74) is 0. The third-order valence-corrected chi connectivity index (χ3v) is 5.44. The summed E-state index contributed by atoms with van der Waals surface area (Å²) in [4.78, 5) is 38.2. The van der Waals surface area contributed by atoms with Crippen LogP contribution < -0.4 is 0 Å². The lowest BCUT2D eigenvalue weighted by atomic mass is 10.2. The van der Waals surface area contributed by atoms with Crippen LogP contribution in [0.25, 0.3) is 0 Å². The van der Waals surface area contributed by atoms with Crippen LogP contribution in [-0.2, 0) is 19.1 Å². The van der Waals surface area contributed by atoms with E-state index in [-0.39, 0.29) is 36.4 Å². The summed E-state index contributed by atoms with van der Waals surface area (Å²) in [6.45, 7) is 2.07. The van der Waals surface area contributed by atoms with Gasteiger partial charge in [-0.25, -0.2) is 0 Å². The molecule has 2 fully saturated rings. The van der Waals surface area contributed by atoms with E-state index in [0.29, 0.717) is 12.2 Å². The summed E-state index contributed by atoms with van der Waals surface area (Å²) in [7, 11) is 1.50. The van der Waals surface area contributed by atoms with Crippen LogP contribution in [0.4, 0.5) is 0 Å². The van der Waals surface area contributed by atoms with Crippen LogP contribution in [0.5, 0.6) is 0 Å². The fourth-order valence-corrected chi connectivity index (χ4v) is 4.27. The maximum absolute atomic E-state index is 12.6. The van der Waals surface area contributed by atoms with Crippen LogP contribution in [0.3, 0.4) is 0 Å². The second-order valence-electron chi connectivity index (χ2n) is 5.41. The van der Waals surface area contributed by atoms with Gasteiger partial charge in [0.15, 0.2) is 0 Å². The predicted molar refractivity (Wildman–Crippen MR) is 76.8 cm³/mol. The fraction of sp³-hybridized carbons (Fsp3) is 0.769. The molecule has 0 saturated carbocycles. The highest BCUT2D eigenvalue weighted by Crippen LogP contribution is 2.47. The number of fused-ring (bicyclic) bond motifs is 1. The first-order valence-corrected chi connectivity index (χ1v) is 7.83. The first kappa shape index (κ1) is 16.1. The molecular weight excluding hydrogens is 296 g/mol. The number of ether oxygens (including phenoxy) is 1. The van der Waals surface area contributed by atoms with Crippen molar-refractivity contribution in [3.8, 4) is 0 Å². The zero-order valence-electron chi connectivity index (χ0n) is 12.2. The Balaban J connectivity index is 2.12. The van der Waals surface area contributed by atoms with Crippen molar-refractivity contribution in [3.63, 3.8) is 0 Å². The molecule has 0 aromatic rings. The van der Waals surface area contributed by atoms with Gasteiger partial charge in [0.1, 0.15) is 12.6 Å². The molecule has 0 bridgehead atoms. The summed E-state index contributed by atoms with van der Waals surface area (Å²) in [5, 5.41) is 8.94. The molecule has 2 heterocycles. The number of carbonyl (C=O) groups is 3. The van der Waals surface area contributed by atoms with E-state index < -0.39 is 12.0 Å². The highest BCUT2D eigenvalue weighted by Gasteiger charge is 2.53. The molecule has 2 aliphatic rings. The summed E-state index contributed by atoms with van der Waals surface area (Å²) in [6.07, 6.45) is 1.18. The van der Waals surface area contributed by atoms with Crippen LogP contribution in [0, 0.1) is 0 Å². The van der Waals surface area contributed by atoms with Crippen molar-refractivity contribution in [1.29, 1.82) is 0 Å². The number of carboxylic acid groups (broad SMARTS) is 1. The molecule has 0 aromatic carbocycles. The van der Waals surface area contributed by atoms with Gasteiger partial charge >= 0.3 is 5.97 Å². The van der Waals surface area contributed by atoms with E-state index in [1.54, 1.807) is 16.7 Å². The number of aliphatic carboxylic acids is 1. The van der Waals surface area contributed by atoms with Gasteiger partial charge < -0.3 is 19.6 Å². The van der Waals surface area contributed by atoms with Crippen LogP contribution >= 0.6 is 11.8 Å². The first-order valence-electron chi connectivity index (χ1n) is 6.84. The summed E-state index contributed by atoms with van der Waals surface area (Å²) >= 11 is 1.59. The van der Waals surface area contributed by atoms with E-state index in [9.17, 15) is 14.4 Å². The molecule has 118 valence electrons. The molecule has 2 unspecified atom stereocenters. The molecule has 2 amide bonds. The zero-order chi connectivity index (χ0) is 15.6. The molecule has 0 aromatic heterocycles. The number of carbonyl (C=O) groups excluding carboxylic acids is 2. The van der Waals surface area contributed by atoms with E-state index in [1.165, 1.54) is 12.0 Å². The van der Waals surface area contributed by atoms with Gasteiger partial charge in [-0.15, -0.1) is 11.8 Å². The first-order chi connectivity index (χ1) is 9.89. The minimum atomic E-state index is -1.07. The summed E-state index contributed by atoms with van der Waals surface area (Å²) < 4.78 is 4.92. The van der Waals surface area contributed by atoms with Gasteiger partial charge in [0.25, 0.3) is 0 Å².